The fraction of sp³-hybridized carbons (Fsp3) is 0.652. The number of carbonyl (C=O) groups excluding carboxylic acids is 2. The third kappa shape index (κ3) is 8.92. The van der Waals surface area contributed by atoms with Crippen molar-refractivity contribution in [2.75, 3.05) is 25.1 Å². The first-order chi connectivity index (χ1) is 16.2. The van der Waals surface area contributed by atoms with Crippen LogP contribution < -0.4 is 20.7 Å². The average Bonchev–Trinajstić information content (AvgIpc) is 3.46. The molecule has 2 fully saturated rings. The number of alkyl halides is 3. The first kappa shape index (κ1) is 25.9. The van der Waals surface area contributed by atoms with Gasteiger partial charge in [0.05, 0.1) is 13.2 Å². The highest BCUT2D eigenvalue weighted by Crippen LogP contribution is 2.29. The van der Waals surface area contributed by atoms with Crippen molar-refractivity contribution >= 4 is 17.7 Å². The van der Waals surface area contributed by atoms with Crippen molar-refractivity contribution in [1.82, 2.24) is 10.6 Å². The molecular formula is C23H32F3N3O5. The summed E-state index contributed by atoms with van der Waals surface area (Å²) in [7, 11) is 0. The number of rotatable bonds is 10. The van der Waals surface area contributed by atoms with Gasteiger partial charge in [0, 0.05) is 24.7 Å². The molecule has 1 aromatic carbocycles. The fourth-order valence-corrected chi connectivity index (χ4v) is 4.18. The Labute approximate surface area is 196 Å². The molecule has 1 heterocycles. The molecule has 8 nitrogen and oxygen atoms in total. The highest BCUT2D eigenvalue weighted by Gasteiger charge is 2.31. The van der Waals surface area contributed by atoms with E-state index in [1.54, 1.807) is 6.92 Å². The quantitative estimate of drug-likeness (QED) is 0.462. The van der Waals surface area contributed by atoms with Gasteiger partial charge in [-0.15, -0.1) is 13.2 Å². The van der Waals surface area contributed by atoms with Crippen LogP contribution in [-0.4, -0.2) is 56.3 Å². The van der Waals surface area contributed by atoms with E-state index in [2.05, 4.69) is 20.7 Å². The summed E-state index contributed by atoms with van der Waals surface area (Å²) in [5, 5.41) is 8.68. The Balaban J connectivity index is 1.48. The van der Waals surface area contributed by atoms with Gasteiger partial charge in [-0.3, -0.25) is 4.79 Å². The Morgan fingerprint density at radius 2 is 1.82 bits per heavy atom. The normalized spacial score (nSPS) is 20.4. The van der Waals surface area contributed by atoms with E-state index in [0.29, 0.717) is 44.2 Å². The van der Waals surface area contributed by atoms with Crippen molar-refractivity contribution in [3.05, 3.63) is 24.3 Å². The number of hydrogen-bond acceptors (Lipinski definition) is 6. The van der Waals surface area contributed by atoms with Crippen molar-refractivity contribution in [1.29, 1.82) is 0 Å². The number of nitrogens with one attached hydrogen (secondary N) is 3. The first-order valence-corrected chi connectivity index (χ1v) is 11.6. The number of benzene rings is 1. The van der Waals surface area contributed by atoms with E-state index in [1.807, 2.05) is 0 Å². The molecule has 0 aromatic heterocycles. The number of hydrogen-bond donors (Lipinski definition) is 3. The third-order valence-corrected chi connectivity index (χ3v) is 5.90. The van der Waals surface area contributed by atoms with E-state index in [9.17, 15) is 22.8 Å². The van der Waals surface area contributed by atoms with Crippen molar-refractivity contribution in [2.45, 2.75) is 70.0 Å². The molecule has 0 spiro atoms. The van der Waals surface area contributed by atoms with Crippen molar-refractivity contribution < 1.29 is 37.0 Å². The Morgan fingerprint density at radius 3 is 2.44 bits per heavy atom. The minimum Gasteiger partial charge on any atom is -0.444 e. The summed E-state index contributed by atoms with van der Waals surface area (Å²) in [6.45, 7) is 3.05. The molecule has 0 unspecified atom stereocenters. The maximum absolute atomic E-state index is 12.9. The molecule has 0 radical (unpaired) electrons. The van der Waals surface area contributed by atoms with Gasteiger partial charge < -0.3 is 30.2 Å². The van der Waals surface area contributed by atoms with Gasteiger partial charge in [0.25, 0.3) is 0 Å². The van der Waals surface area contributed by atoms with Crippen LogP contribution in [0.5, 0.6) is 5.75 Å². The second-order valence-electron chi connectivity index (χ2n) is 8.84. The summed E-state index contributed by atoms with van der Waals surface area (Å²) >= 11 is 0. The Kier molecular flexibility index (Phi) is 9.26. The summed E-state index contributed by atoms with van der Waals surface area (Å²) in [4.78, 5) is 25.3. The largest absolute Gasteiger partial charge is 0.573 e. The van der Waals surface area contributed by atoms with Gasteiger partial charge >= 0.3 is 12.5 Å². The third-order valence-electron chi connectivity index (χ3n) is 5.90. The molecule has 3 rings (SSSR count). The molecule has 0 bridgehead atoms. The van der Waals surface area contributed by atoms with Gasteiger partial charge in [-0.2, -0.15) is 0 Å². The van der Waals surface area contributed by atoms with Gasteiger partial charge in [0.2, 0.25) is 5.91 Å². The molecule has 3 atom stereocenters. The predicted octanol–water partition coefficient (Wildman–Crippen LogP) is 3.97. The number of anilines is 1. The predicted molar refractivity (Wildman–Crippen MR) is 118 cm³/mol. The molecule has 1 aromatic rings. The van der Waals surface area contributed by atoms with Crippen LogP contribution in [0.1, 0.15) is 45.4 Å². The lowest BCUT2D eigenvalue weighted by atomic mass is 9.97. The molecule has 1 saturated carbocycles. The van der Waals surface area contributed by atoms with E-state index in [-0.39, 0.29) is 23.8 Å². The van der Waals surface area contributed by atoms with Gasteiger partial charge in [-0.05, 0) is 43.5 Å². The summed E-state index contributed by atoms with van der Waals surface area (Å²) in [5.41, 5.74) is 0.582. The van der Waals surface area contributed by atoms with Crippen molar-refractivity contribution in [3.8, 4) is 5.75 Å². The zero-order valence-corrected chi connectivity index (χ0v) is 19.2. The Bertz CT molecular complexity index is 794. The summed E-state index contributed by atoms with van der Waals surface area (Å²) < 4.78 is 51.2. The Hall–Kier alpha value is -2.69. The van der Waals surface area contributed by atoms with Crippen molar-refractivity contribution in [2.24, 2.45) is 5.92 Å². The van der Waals surface area contributed by atoms with Gasteiger partial charge in [0.1, 0.15) is 17.9 Å². The van der Waals surface area contributed by atoms with Crippen molar-refractivity contribution in [3.63, 3.8) is 0 Å². The highest BCUT2D eigenvalue weighted by molar-refractivity contribution is 5.85. The maximum Gasteiger partial charge on any atom is 0.573 e. The number of ether oxygens (including phenoxy) is 3. The highest BCUT2D eigenvalue weighted by atomic mass is 19.4. The number of amides is 2. The lowest BCUT2D eigenvalue weighted by Gasteiger charge is -2.24. The first-order valence-electron chi connectivity index (χ1n) is 11.6. The standard InChI is InChI=1S/C23H32F3N3O5/c1-15(13-27-17-6-8-18(9-7-17)34-23(24,25)26)28-21(30)20(12-16-4-2-3-5-16)29-22(31)33-19-10-11-32-14-19/h6-9,15-16,19-20,27H,2-5,10-14H2,1H3,(H,28,30)(H,29,31)/t15-,19+,20-/m0/s1. The van der Waals surface area contributed by atoms with Gasteiger partial charge in [-0.25, -0.2) is 4.79 Å². The molecule has 11 heteroatoms. The van der Waals surface area contributed by atoms with E-state index in [1.165, 1.54) is 24.3 Å². The smallest absolute Gasteiger partial charge is 0.444 e. The van der Waals surface area contributed by atoms with Crippen LogP contribution in [0.2, 0.25) is 0 Å². The topological polar surface area (TPSA) is 97.9 Å². The lowest BCUT2D eigenvalue weighted by molar-refractivity contribution is -0.274. The van der Waals surface area contributed by atoms with Crippen LogP contribution in [-0.2, 0) is 14.3 Å². The van der Waals surface area contributed by atoms with E-state index >= 15 is 0 Å². The second-order valence-corrected chi connectivity index (χ2v) is 8.84. The molecule has 2 amide bonds. The molecule has 1 saturated heterocycles. The molecule has 1 aliphatic carbocycles. The molecule has 190 valence electrons. The van der Waals surface area contributed by atoms with Crippen LogP contribution in [0.3, 0.4) is 0 Å². The van der Waals surface area contributed by atoms with Crippen LogP contribution >= 0.6 is 0 Å². The summed E-state index contributed by atoms with van der Waals surface area (Å²) in [5.74, 6) is -0.234. The number of alkyl carbamates (subject to hydrolysis) is 1. The maximum atomic E-state index is 12.9. The Morgan fingerprint density at radius 1 is 1.12 bits per heavy atom. The lowest BCUT2D eigenvalue weighted by Crippen LogP contribution is -2.51. The van der Waals surface area contributed by atoms with Crippen LogP contribution in [0.25, 0.3) is 0 Å². The summed E-state index contributed by atoms with van der Waals surface area (Å²) in [6.07, 6.45) is -0.182. The van der Waals surface area contributed by atoms with E-state index in [0.717, 1.165) is 25.7 Å². The zero-order valence-electron chi connectivity index (χ0n) is 19.2. The number of carbonyl (C=O) groups is 2. The molecular weight excluding hydrogens is 455 g/mol. The van der Waals surface area contributed by atoms with E-state index in [4.69, 9.17) is 9.47 Å². The zero-order chi connectivity index (χ0) is 24.6. The second kappa shape index (κ2) is 12.1. The van der Waals surface area contributed by atoms with Crippen LogP contribution in [0.15, 0.2) is 24.3 Å². The molecule has 2 aliphatic rings. The number of halogens is 3. The van der Waals surface area contributed by atoms with Crippen LogP contribution in [0, 0.1) is 5.92 Å². The molecule has 34 heavy (non-hydrogen) atoms. The van der Waals surface area contributed by atoms with Crippen LogP contribution in [0.4, 0.5) is 23.7 Å². The minimum absolute atomic E-state index is 0.297. The SMILES string of the molecule is C[C@@H](CNc1ccc(OC(F)(F)F)cc1)NC(=O)[C@H](CC1CCCC1)NC(=O)O[C@@H]1CCOC1. The summed E-state index contributed by atoms with van der Waals surface area (Å²) in [6, 6.07) is 4.33. The van der Waals surface area contributed by atoms with Gasteiger partial charge in [-0.1, -0.05) is 25.7 Å². The monoisotopic (exact) mass is 487 g/mol. The minimum atomic E-state index is -4.74. The van der Waals surface area contributed by atoms with Gasteiger partial charge in [0.15, 0.2) is 0 Å². The average molecular weight is 488 g/mol. The molecule has 3 N–H and O–H groups in total. The van der Waals surface area contributed by atoms with E-state index < -0.39 is 18.5 Å². The fourth-order valence-electron chi connectivity index (χ4n) is 4.18. The molecule has 1 aliphatic heterocycles.